The molecule has 1 saturated heterocycles. The number of aryl methyl sites for hydroxylation is 1. The highest BCUT2D eigenvalue weighted by Crippen LogP contribution is 2.21. The average molecular weight is 445 g/mol. The zero-order valence-electron chi connectivity index (χ0n) is 18.7. The van der Waals surface area contributed by atoms with Crippen LogP contribution in [0.4, 0.5) is 11.8 Å². The summed E-state index contributed by atoms with van der Waals surface area (Å²) in [6, 6.07) is 13.6. The molecule has 0 spiro atoms. The average Bonchev–Trinajstić information content (AvgIpc) is 3.20. The van der Waals surface area contributed by atoms with E-state index >= 15 is 0 Å². The Hall–Kier alpha value is -4.13. The van der Waals surface area contributed by atoms with E-state index < -0.39 is 0 Å². The molecule has 0 aliphatic carbocycles. The number of hydrogen-bond acceptors (Lipinski definition) is 7. The van der Waals surface area contributed by atoms with Crippen LogP contribution in [0, 0.1) is 11.3 Å². The van der Waals surface area contributed by atoms with Gasteiger partial charge in [-0.1, -0.05) is 18.2 Å². The second-order valence-corrected chi connectivity index (χ2v) is 7.67. The number of hydrogen-bond donors (Lipinski definition) is 2. The zero-order chi connectivity index (χ0) is 23.0. The van der Waals surface area contributed by atoms with E-state index in [2.05, 4.69) is 41.2 Å². The predicted octanol–water partition coefficient (Wildman–Crippen LogP) is 1.45. The van der Waals surface area contributed by atoms with Crippen molar-refractivity contribution < 1.29 is 0 Å². The number of nitrogens with two attached hydrogens (primary N) is 1. The van der Waals surface area contributed by atoms with E-state index in [9.17, 15) is 5.26 Å². The van der Waals surface area contributed by atoms with Crippen molar-refractivity contribution >= 4 is 17.7 Å². The first-order valence-corrected chi connectivity index (χ1v) is 11.0. The van der Waals surface area contributed by atoms with Gasteiger partial charge in [0.2, 0.25) is 5.95 Å². The van der Waals surface area contributed by atoms with Crippen LogP contribution >= 0.6 is 0 Å². The Kier molecular flexibility index (Phi) is 6.99. The molecule has 10 nitrogen and oxygen atoms in total. The van der Waals surface area contributed by atoms with Crippen LogP contribution in [0.5, 0.6) is 0 Å². The van der Waals surface area contributed by atoms with Crippen molar-refractivity contribution in [3.05, 3.63) is 60.0 Å². The summed E-state index contributed by atoms with van der Waals surface area (Å²) in [7, 11) is 1.80. The predicted molar refractivity (Wildman–Crippen MR) is 128 cm³/mol. The first-order valence-electron chi connectivity index (χ1n) is 11.0. The van der Waals surface area contributed by atoms with E-state index in [-0.39, 0.29) is 0 Å². The van der Waals surface area contributed by atoms with Crippen molar-refractivity contribution in [1.82, 2.24) is 30.0 Å². The minimum atomic E-state index is 0.378. The van der Waals surface area contributed by atoms with E-state index in [0.29, 0.717) is 23.5 Å². The molecule has 0 unspecified atom stereocenters. The molecule has 0 atom stereocenters. The summed E-state index contributed by atoms with van der Waals surface area (Å²) in [5.41, 5.74) is 8.20. The molecule has 170 valence electrons. The fourth-order valence-corrected chi connectivity index (χ4v) is 3.90. The molecular weight excluding hydrogens is 416 g/mol. The van der Waals surface area contributed by atoms with Gasteiger partial charge in [0.1, 0.15) is 17.5 Å². The number of para-hydroxylation sites is 1. The second-order valence-electron chi connectivity index (χ2n) is 7.67. The molecule has 3 N–H and O–H groups in total. The van der Waals surface area contributed by atoms with Crippen molar-refractivity contribution in [2.45, 2.75) is 12.8 Å². The number of piperazine rings is 1. The third kappa shape index (κ3) is 5.03. The number of guanidine groups is 1. The molecule has 33 heavy (non-hydrogen) atoms. The first kappa shape index (κ1) is 22.1. The van der Waals surface area contributed by atoms with E-state index in [0.717, 1.165) is 56.7 Å². The lowest BCUT2D eigenvalue weighted by Gasteiger charge is -2.36. The Balaban J connectivity index is 1.29. The molecule has 4 rings (SSSR count). The molecule has 2 aromatic heterocycles. The summed E-state index contributed by atoms with van der Waals surface area (Å²) in [5.74, 6) is 2.02. The number of aromatic nitrogens is 4. The maximum Gasteiger partial charge on any atom is 0.225 e. The molecule has 3 heterocycles. The van der Waals surface area contributed by atoms with Crippen LogP contribution in [-0.2, 0) is 6.42 Å². The summed E-state index contributed by atoms with van der Waals surface area (Å²) < 4.78 is 1.64. The van der Waals surface area contributed by atoms with Crippen LogP contribution in [0.1, 0.15) is 17.7 Å². The molecule has 0 saturated carbocycles. The van der Waals surface area contributed by atoms with Gasteiger partial charge in [-0.05, 0) is 31.0 Å². The normalized spacial score (nSPS) is 14.2. The van der Waals surface area contributed by atoms with Gasteiger partial charge >= 0.3 is 0 Å². The number of aliphatic imine (C=N–C) groups is 1. The Morgan fingerprint density at radius 1 is 1.12 bits per heavy atom. The molecular formula is C23H28N10. The number of nitriles is 1. The molecule has 0 amide bonds. The Bertz CT molecular complexity index is 1110. The number of nitrogen functional groups attached to an aromatic ring is 1. The smallest absolute Gasteiger partial charge is 0.225 e. The summed E-state index contributed by atoms with van der Waals surface area (Å²) in [4.78, 5) is 17.5. The Morgan fingerprint density at radius 2 is 1.85 bits per heavy atom. The molecule has 10 heteroatoms. The first-order chi connectivity index (χ1) is 16.2. The third-order valence-corrected chi connectivity index (χ3v) is 5.61. The molecule has 1 aliphatic rings. The van der Waals surface area contributed by atoms with Crippen molar-refractivity contribution in [2.24, 2.45) is 4.99 Å². The van der Waals surface area contributed by atoms with Gasteiger partial charge in [-0.2, -0.15) is 10.4 Å². The Morgan fingerprint density at radius 3 is 2.52 bits per heavy atom. The van der Waals surface area contributed by atoms with Gasteiger partial charge in [0.15, 0.2) is 5.96 Å². The lowest BCUT2D eigenvalue weighted by Crippen LogP contribution is -2.53. The quantitative estimate of drug-likeness (QED) is 0.333. The lowest BCUT2D eigenvalue weighted by molar-refractivity contribution is 0.370. The van der Waals surface area contributed by atoms with Gasteiger partial charge in [-0.25, -0.2) is 14.6 Å². The monoisotopic (exact) mass is 444 g/mol. The molecule has 1 aromatic carbocycles. The molecule has 3 aromatic rings. The number of nitrogens with zero attached hydrogens (tertiary/aromatic N) is 8. The highest BCUT2D eigenvalue weighted by molar-refractivity contribution is 5.80. The van der Waals surface area contributed by atoms with Crippen LogP contribution < -0.4 is 16.0 Å². The van der Waals surface area contributed by atoms with Gasteiger partial charge in [-0.3, -0.25) is 4.99 Å². The fraction of sp³-hybridized carbons (Fsp3) is 0.348. The number of rotatable bonds is 6. The highest BCUT2D eigenvalue weighted by Gasteiger charge is 2.21. The standard InChI is InChI=1S/C23H28N10/c1-26-22(31-13-15-32(16-14-31)23-28-11-6-12-29-23)27-10-5-9-20-19(17-24)21(25)33(30-20)18-7-3-2-4-8-18/h2-4,6-8,11-12H,5,9-10,13-16,25H2,1H3,(H,26,27). The maximum atomic E-state index is 9.58. The van der Waals surface area contributed by atoms with Crippen molar-refractivity contribution in [2.75, 3.05) is 50.4 Å². The molecule has 1 aliphatic heterocycles. The van der Waals surface area contributed by atoms with Crippen molar-refractivity contribution in [1.29, 1.82) is 5.26 Å². The van der Waals surface area contributed by atoms with Gasteiger partial charge in [0.25, 0.3) is 0 Å². The summed E-state index contributed by atoms with van der Waals surface area (Å²) in [6.07, 6.45) is 4.99. The minimum absolute atomic E-state index is 0.378. The topological polar surface area (TPSA) is 124 Å². The molecule has 1 fully saturated rings. The van der Waals surface area contributed by atoms with Gasteiger partial charge in [-0.15, -0.1) is 0 Å². The number of anilines is 2. The highest BCUT2D eigenvalue weighted by atomic mass is 15.4. The minimum Gasteiger partial charge on any atom is -0.382 e. The summed E-state index contributed by atoms with van der Waals surface area (Å²) in [6.45, 7) is 4.08. The zero-order valence-corrected chi connectivity index (χ0v) is 18.7. The number of nitrogens with one attached hydrogen (secondary N) is 1. The van der Waals surface area contributed by atoms with Crippen LogP contribution in [-0.4, -0.2) is 70.4 Å². The summed E-state index contributed by atoms with van der Waals surface area (Å²) in [5, 5.41) is 17.6. The molecule has 0 bridgehead atoms. The van der Waals surface area contributed by atoms with E-state index in [1.54, 1.807) is 24.1 Å². The van der Waals surface area contributed by atoms with E-state index in [1.807, 2.05) is 36.4 Å². The SMILES string of the molecule is CN=C(NCCCc1nn(-c2ccccc2)c(N)c1C#N)N1CCN(c2ncccn2)CC1. The van der Waals surface area contributed by atoms with Crippen LogP contribution in [0.2, 0.25) is 0 Å². The van der Waals surface area contributed by atoms with E-state index in [4.69, 9.17) is 5.73 Å². The summed E-state index contributed by atoms with van der Waals surface area (Å²) >= 11 is 0. The van der Waals surface area contributed by atoms with E-state index in [1.165, 1.54) is 0 Å². The fourth-order valence-electron chi connectivity index (χ4n) is 3.90. The van der Waals surface area contributed by atoms with Gasteiger partial charge in [0.05, 0.1) is 11.4 Å². The largest absolute Gasteiger partial charge is 0.382 e. The second kappa shape index (κ2) is 10.5. The van der Waals surface area contributed by atoms with Gasteiger partial charge in [0, 0.05) is 52.2 Å². The molecule has 0 radical (unpaired) electrons. The van der Waals surface area contributed by atoms with Crippen molar-refractivity contribution in [3.8, 4) is 11.8 Å². The van der Waals surface area contributed by atoms with Gasteiger partial charge < -0.3 is 20.9 Å². The van der Waals surface area contributed by atoms with Crippen molar-refractivity contribution in [3.63, 3.8) is 0 Å². The third-order valence-electron chi connectivity index (χ3n) is 5.61. The lowest BCUT2D eigenvalue weighted by atomic mass is 10.1. The Labute approximate surface area is 193 Å². The van der Waals surface area contributed by atoms with Crippen LogP contribution in [0.15, 0.2) is 53.8 Å². The van der Waals surface area contributed by atoms with Crippen LogP contribution in [0.3, 0.4) is 0 Å². The maximum absolute atomic E-state index is 9.58. The van der Waals surface area contributed by atoms with Crippen LogP contribution in [0.25, 0.3) is 5.69 Å². The number of benzene rings is 1.